The van der Waals surface area contributed by atoms with E-state index < -0.39 is 0 Å². The van der Waals surface area contributed by atoms with Crippen molar-refractivity contribution >= 4 is 27.5 Å². The standard InChI is InChI=1S/C10H13BrClNO/c1-7(6-13-2)14-10-4-3-8(11)5-9(10)12/h3-5,7,13H,6H2,1-2H3. The summed E-state index contributed by atoms with van der Waals surface area (Å²) in [5, 5.41) is 3.67. The maximum absolute atomic E-state index is 6.00. The fourth-order valence-corrected chi connectivity index (χ4v) is 1.83. The van der Waals surface area contributed by atoms with E-state index in [1.54, 1.807) is 0 Å². The van der Waals surface area contributed by atoms with Crippen LogP contribution in [0.25, 0.3) is 0 Å². The molecule has 14 heavy (non-hydrogen) atoms. The van der Waals surface area contributed by atoms with Gasteiger partial charge in [0.1, 0.15) is 11.9 Å². The first-order chi connectivity index (χ1) is 6.63. The SMILES string of the molecule is CNCC(C)Oc1ccc(Br)cc1Cl. The zero-order valence-corrected chi connectivity index (χ0v) is 10.5. The molecular formula is C10H13BrClNO. The zero-order valence-electron chi connectivity index (χ0n) is 8.18. The number of halogens is 2. The molecule has 2 nitrogen and oxygen atoms in total. The number of rotatable bonds is 4. The average molecular weight is 279 g/mol. The number of nitrogens with one attached hydrogen (secondary N) is 1. The summed E-state index contributed by atoms with van der Waals surface area (Å²) in [5.74, 6) is 0.720. The van der Waals surface area contributed by atoms with Crippen LogP contribution in [0.2, 0.25) is 5.02 Å². The van der Waals surface area contributed by atoms with E-state index in [-0.39, 0.29) is 6.10 Å². The minimum absolute atomic E-state index is 0.110. The van der Waals surface area contributed by atoms with Gasteiger partial charge >= 0.3 is 0 Å². The number of ether oxygens (including phenoxy) is 1. The molecule has 0 bridgehead atoms. The quantitative estimate of drug-likeness (QED) is 0.914. The largest absolute Gasteiger partial charge is 0.488 e. The van der Waals surface area contributed by atoms with Gasteiger partial charge in [-0.15, -0.1) is 0 Å². The predicted octanol–water partition coefficient (Wildman–Crippen LogP) is 3.09. The molecule has 0 saturated heterocycles. The van der Waals surface area contributed by atoms with Gasteiger partial charge < -0.3 is 10.1 Å². The maximum atomic E-state index is 6.00. The molecule has 1 atom stereocenters. The van der Waals surface area contributed by atoms with Crippen molar-refractivity contribution in [3.05, 3.63) is 27.7 Å². The molecule has 0 spiro atoms. The van der Waals surface area contributed by atoms with Crippen molar-refractivity contribution in [1.29, 1.82) is 0 Å². The monoisotopic (exact) mass is 277 g/mol. The number of likely N-dealkylation sites (N-methyl/N-ethyl adjacent to an activating group) is 1. The third kappa shape index (κ3) is 3.48. The molecule has 1 aromatic carbocycles. The van der Waals surface area contributed by atoms with Crippen molar-refractivity contribution in [2.45, 2.75) is 13.0 Å². The van der Waals surface area contributed by atoms with E-state index in [4.69, 9.17) is 16.3 Å². The number of hydrogen-bond acceptors (Lipinski definition) is 2. The molecule has 0 aliphatic rings. The first-order valence-electron chi connectivity index (χ1n) is 4.39. The van der Waals surface area contributed by atoms with Gasteiger partial charge in [-0.05, 0) is 32.2 Å². The lowest BCUT2D eigenvalue weighted by Gasteiger charge is -2.15. The Morgan fingerprint density at radius 2 is 2.29 bits per heavy atom. The summed E-state index contributed by atoms with van der Waals surface area (Å²) in [6, 6.07) is 5.59. The Labute approximate surface area is 97.7 Å². The van der Waals surface area contributed by atoms with Crippen LogP contribution in [0.3, 0.4) is 0 Å². The molecule has 1 aromatic rings. The fraction of sp³-hybridized carbons (Fsp3) is 0.400. The van der Waals surface area contributed by atoms with Crippen LogP contribution in [-0.4, -0.2) is 19.7 Å². The Morgan fingerprint density at radius 1 is 1.57 bits per heavy atom. The fourth-order valence-electron chi connectivity index (χ4n) is 1.12. The third-order valence-corrected chi connectivity index (χ3v) is 2.50. The van der Waals surface area contributed by atoms with Gasteiger partial charge in [0, 0.05) is 11.0 Å². The maximum Gasteiger partial charge on any atom is 0.138 e. The third-order valence-electron chi connectivity index (χ3n) is 1.71. The van der Waals surface area contributed by atoms with Gasteiger partial charge in [0.25, 0.3) is 0 Å². The second-order valence-corrected chi connectivity index (χ2v) is 4.38. The Bertz CT molecular complexity index is 306. The highest BCUT2D eigenvalue weighted by Crippen LogP contribution is 2.28. The molecule has 4 heteroatoms. The van der Waals surface area contributed by atoms with Crippen LogP contribution in [-0.2, 0) is 0 Å². The lowest BCUT2D eigenvalue weighted by molar-refractivity contribution is 0.221. The summed E-state index contributed by atoms with van der Waals surface area (Å²) in [7, 11) is 1.89. The lowest BCUT2D eigenvalue weighted by Crippen LogP contribution is -2.26. The van der Waals surface area contributed by atoms with Crippen LogP contribution in [0.5, 0.6) is 5.75 Å². The molecule has 1 unspecified atom stereocenters. The first-order valence-corrected chi connectivity index (χ1v) is 5.57. The molecule has 0 aliphatic heterocycles. The van der Waals surface area contributed by atoms with Crippen LogP contribution < -0.4 is 10.1 Å². The summed E-state index contributed by atoms with van der Waals surface area (Å²) in [4.78, 5) is 0. The minimum atomic E-state index is 0.110. The minimum Gasteiger partial charge on any atom is -0.488 e. The summed E-state index contributed by atoms with van der Waals surface area (Å²) in [5.41, 5.74) is 0. The van der Waals surface area contributed by atoms with E-state index in [1.807, 2.05) is 32.2 Å². The van der Waals surface area contributed by atoms with Crippen molar-refractivity contribution in [3.8, 4) is 5.75 Å². The second kappa shape index (κ2) is 5.59. The first kappa shape index (κ1) is 11.8. The van der Waals surface area contributed by atoms with Crippen molar-refractivity contribution in [1.82, 2.24) is 5.32 Å². The number of benzene rings is 1. The highest BCUT2D eigenvalue weighted by atomic mass is 79.9. The molecular weight excluding hydrogens is 265 g/mol. The van der Waals surface area contributed by atoms with Gasteiger partial charge in [0.05, 0.1) is 5.02 Å². The zero-order chi connectivity index (χ0) is 10.6. The Hall–Kier alpha value is -0.250. The van der Waals surface area contributed by atoms with Gasteiger partial charge in [-0.25, -0.2) is 0 Å². The highest BCUT2D eigenvalue weighted by molar-refractivity contribution is 9.10. The van der Waals surface area contributed by atoms with E-state index in [9.17, 15) is 0 Å². The smallest absolute Gasteiger partial charge is 0.138 e. The van der Waals surface area contributed by atoms with Crippen molar-refractivity contribution < 1.29 is 4.74 Å². The van der Waals surface area contributed by atoms with E-state index in [1.165, 1.54) is 0 Å². The summed E-state index contributed by atoms with van der Waals surface area (Å²) in [6.45, 7) is 2.79. The van der Waals surface area contributed by atoms with Gasteiger partial charge in [-0.1, -0.05) is 27.5 Å². The summed E-state index contributed by atoms with van der Waals surface area (Å²) >= 11 is 9.34. The van der Waals surface area contributed by atoms with E-state index in [0.717, 1.165) is 16.8 Å². The molecule has 78 valence electrons. The normalized spacial score (nSPS) is 12.6. The molecule has 0 aliphatic carbocycles. The summed E-state index contributed by atoms with van der Waals surface area (Å²) < 4.78 is 6.58. The van der Waals surface area contributed by atoms with Crippen LogP contribution in [0, 0.1) is 0 Å². The second-order valence-electron chi connectivity index (χ2n) is 3.06. The van der Waals surface area contributed by atoms with E-state index in [2.05, 4.69) is 21.2 Å². The molecule has 0 amide bonds. The molecule has 0 saturated carbocycles. The van der Waals surface area contributed by atoms with Crippen LogP contribution in [0.1, 0.15) is 6.92 Å². The lowest BCUT2D eigenvalue weighted by atomic mass is 10.3. The molecule has 0 radical (unpaired) electrons. The van der Waals surface area contributed by atoms with Gasteiger partial charge in [-0.3, -0.25) is 0 Å². The Kier molecular flexibility index (Phi) is 4.72. The van der Waals surface area contributed by atoms with Gasteiger partial charge in [0.2, 0.25) is 0 Å². The van der Waals surface area contributed by atoms with Gasteiger partial charge in [-0.2, -0.15) is 0 Å². The Morgan fingerprint density at radius 3 is 2.86 bits per heavy atom. The molecule has 0 heterocycles. The van der Waals surface area contributed by atoms with Crippen LogP contribution in [0.15, 0.2) is 22.7 Å². The van der Waals surface area contributed by atoms with Crippen molar-refractivity contribution in [2.24, 2.45) is 0 Å². The molecule has 0 fully saturated rings. The molecule has 1 N–H and O–H groups in total. The van der Waals surface area contributed by atoms with Gasteiger partial charge in [0.15, 0.2) is 0 Å². The van der Waals surface area contributed by atoms with E-state index in [0.29, 0.717) is 5.02 Å². The molecule has 0 aromatic heterocycles. The van der Waals surface area contributed by atoms with Crippen molar-refractivity contribution in [3.63, 3.8) is 0 Å². The van der Waals surface area contributed by atoms with Crippen LogP contribution >= 0.6 is 27.5 Å². The number of hydrogen-bond donors (Lipinski definition) is 1. The highest BCUT2D eigenvalue weighted by Gasteiger charge is 2.06. The van der Waals surface area contributed by atoms with Crippen LogP contribution in [0.4, 0.5) is 0 Å². The Balaban J connectivity index is 2.67. The average Bonchev–Trinajstić information content (AvgIpc) is 2.10. The van der Waals surface area contributed by atoms with E-state index >= 15 is 0 Å². The predicted molar refractivity (Wildman–Crippen MR) is 63.2 cm³/mol. The summed E-state index contributed by atoms with van der Waals surface area (Å²) in [6.07, 6.45) is 0.110. The molecule has 1 rings (SSSR count). The topological polar surface area (TPSA) is 21.3 Å². The van der Waals surface area contributed by atoms with Crippen molar-refractivity contribution in [2.75, 3.05) is 13.6 Å².